The second-order valence-electron chi connectivity index (χ2n) is 4.33. The molecule has 2 heterocycles. The molecule has 16 heavy (non-hydrogen) atoms. The maximum atomic E-state index is 5.54. The highest BCUT2D eigenvalue weighted by atomic mass is 32.2. The third-order valence-electron chi connectivity index (χ3n) is 2.69. The molecule has 0 N–H and O–H groups in total. The van der Waals surface area contributed by atoms with Crippen LogP contribution in [0.2, 0.25) is 0 Å². The van der Waals surface area contributed by atoms with Crippen molar-refractivity contribution in [3.63, 3.8) is 0 Å². The molecule has 4 heteroatoms. The zero-order valence-electron chi connectivity index (χ0n) is 9.19. The summed E-state index contributed by atoms with van der Waals surface area (Å²) in [5.41, 5.74) is 0.0952. The number of fused-ring (bicyclic) bond motifs is 1. The van der Waals surface area contributed by atoms with E-state index in [0.717, 1.165) is 23.9 Å². The molecule has 0 amide bonds. The van der Waals surface area contributed by atoms with Gasteiger partial charge in [0, 0.05) is 10.6 Å². The predicted molar refractivity (Wildman–Crippen MR) is 62.5 cm³/mol. The van der Waals surface area contributed by atoms with Gasteiger partial charge in [-0.1, -0.05) is 0 Å². The van der Waals surface area contributed by atoms with Crippen LogP contribution < -0.4 is 9.47 Å². The Bertz CT molecular complexity index is 401. The molecule has 1 unspecified atom stereocenters. The maximum Gasteiger partial charge on any atom is 0.162 e. The maximum absolute atomic E-state index is 5.54. The SMILES string of the molecule is CC1(CSc2ccc3c(c2)OCCO3)CO1. The molecule has 0 saturated carbocycles. The van der Waals surface area contributed by atoms with Gasteiger partial charge in [0.15, 0.2) is 11.5 Å². The van der Waals surface area contributed by atoms with Gasteiger partial charge in [-0.2, -0.15) is 0 Å². The third-order valence-corrected chi connectivity index (χ3v) is 4.04. The number of hydrogen-bond acceptors (Lipinski definition) is 4. The van der Waals surface area contributed by atoms with Crippen LogP contribution >= 0.6 is 11.8 Å². The summed E-state index contributed by atoms with van der Waals surface area (Å²) in [6.07, 6.45) is 0. The van der Waals surface area contributed by atoms with Crippen LogP contribution in [0, 0.1) is 0 Å². The largest absolute Gasteiger partial charge is 0.486 e. The molecule has 0 bridgehead atoms. The first kappa shape index (κ1) is 10.3. The van der Waals surface area contributed by atoms with Gasteiger partial charge in [0.2, 0.25) is 0 Å². The van der Waals surface area contributed by atoms with Crippen LogP contribution in [0.3, 0.4) is 0 Å². The monoisotopic (exact) mass is 238 g/mol. The van der Waals surface area contributed by atoms with Crippen LogP contribution in [0.25, 0.3) is 0 Å². The fraction of sp³-hybridized carbons (Fsp3) is 0.500. The van der Waals surface area contributed by atoms with E-state index in [1.165, 1.54) is 4.90 Å². The van der Waals surface area contributed by atoms with Gasteiger partial charge in [-0.15, -0.1) is 11.8 Å². The van der Waals surface area contributed by atoms with Crippen molar-refractivity contribution in [2.24, 2.45) is 0 Å². The molecule has 1 aromatic rings. The van der Waals surface area contributed by atoms with Gasteiger partial charge in [0.1, 0.15) is 13.2 Å². The predicted octanol–water partition coefficient (Wildman–Crippen LogP) is 2.34. The van der Waals surface area contributed by atoms with E-state index in [2.05, 4.69) is 13.0 Å². The van der Waals surface area contributed by atoms with Crippen molar-refractivity contribution in [2.75, 3.05) is 25.6 Å². The molecule has 2 aliphatic rings. The van der Waals surface area contributed by atoms with Gasteiger partial charge in [-0.25, -0.2) is 0 Å². The summed E-state index contributed by atoms with van der Waals surface area (Å²) < 4.78 is 16.4. The van der Waals surface area contributed by atoms with Crippen LogP contribution in [0.1, 0.15) is 6.92 Å². The van der Waals surface area contributed by atoms with Crippen molar-refractivity contribution in [2.45, 2.75) is 17.4 Å². The fourth-order valence-corrected chi connectivity index (χ4v) is 2.55. The second-order valence-corrected chi connectivity index (χ2v) is 5.38. The molecular formula is C12H14O3S. The fourth-order valence-electron chi connectivity index (χ4n) is 1.56. The highest BCUT2D eigenvalue weighted by molar-refractivity contribution is 7.99. The van der Waals surface area contributed by atoms with E-state index in [0.29, 0.717) is 13.2 Å². The van der Waals surface area contributed by atoms with Crippen molar-refractivity contribution in [3.8, 4) is 11.5 Å². The molecule has 0 spiro atoms. The lowest BCUT2D eigenvalue weighted by Gasteiger charge is -2.18. The quantitative estimate of drug-likeness (QED) is 0.597. The standard InChI is InChI=1S/C12H14O3S/c1-12(7-15-12)8-16-9-2-3-10-11(6-9)14-5-4-13-10/h2-3,6H,4-5,7-8H2,1H3. The average Bonchev–Trinajstić information content (AvgIpc) is 3.05. The van der Waals surface area contributed by atoms with E-state index < -0.39 is 0 Å². The minimum absolute atomic E-state index is 0.0952. The van der Waals surface area contributed by atoms with Crippen LogP contribution in [-0.4, -0.2) is 31.2 Å². The Kier molecular flexibility index (Phi) is 2.48. The first-order valence-corrected chi connectivity index (χ1v) is 6.40. The summed E-state index contributed by atoms with van der Waals surface area (Å²) in [5, 5.41) is 0. The molecule has 2 aliphatic heterocycles. The van der Waals surface area contributed by atoms with E-state index in [1.807, 2.05) is 12.1 Å². The molecule has 0 radical (unpaired) electrons. The van der Waals surface area contributed by atoms with Crippen LogP contribution in [0.15, 0.2) is 23.1 Å². The van der Waals surface area contributed by atoms with E-state index >= 15 is 0 Å². The summed E-state index contributed by atoms with van der Waals surface area (Å²) in [6.45, 7) is 4.30. The Morgan fingerprint density at radius 3 is 2.75 bits per heavy atom. The molecule has 3 nitrogen and oxygen atoms in total. The topological polar surface area (TPSA) is 31.0 Å². The first-order chi connectivity index (χ1) is 7.75. The Balaban J connectivity index is 1.70. The number of thioether (sulfide) groups is 1. The normalized spacial score (nSPS) is 26.6. The van der Waals surface area contributed by atoms with Crippen molar-refractivity contribution >= 4 is 11.8 Å². The summed E-state index contributed by atoms with van der Waals surface area (Å²) in [4.78, 5) is 1.21. The minimum Gasteiger partial charge on any atom is -0.486 e. The van der Waals surface area contributed by atoms with Crippen molar-refractivity contribution in [1.29, 1.82) is 0 Å². The van der Waals surface area contributed by atoms with Crippen LogP contribution in [0.4, 0.5) is 0 Å². The van der Waals surface area contributed by atoms with Crippen molar-refractivity contribution in [1.82, 2.24) is 0 Å². The van der Waals surface area contributed by atoms with Gasteiger partial charge in [-0.05, 0) is 25.1 Å². The number of ether oxygens (including phenoxy) is 3. The summed E-state index contributed by atoms with van der Waals surface area (Å²) in [5.74, 6) is 2.70. The summed E-state index contributed by atoms with van der Waals surface area (Å²) >= 11 is 1.80. The summed E-state index contributed by atoms with van der Waals surface area (Å²) in [7, 11) is 0. The highest BCUT2D eigenvalue weighted by Gasteiger charge is 2.39. The Morgan fingerprint density at radius 2 is 2.00 bits per heavy atom. The zero-order valence-corrected chi connectivity index (χ0v) is 10.0. The molecule has 86 valence electrons. The average molecular weight is 238 g/mol. The van der Waals surface area contributed by atoms with E-state index in [1.54, 1.807) is 11.8 Å². The highest BCUT2D eigenvalue weighted by Crippen LogP contribution is 2.37. The Morgan fingerprint density at radius 1 is 1.25 bits per heavy atom. The van der Waals surface area contributed by atoms with Crippen LogP contribution in [0.5, 0.6) is 11.5 Å². The number of benzene rings is 1. The molecular weight excluding hydrogens is 224 g/mol. The van der Waals surface area contributed by atoms with E-state index in [9.17, 15) is 0 Å². The Hall–Kier alpha value is -0.870. The summed E-state index contributed by atoms with van der Waals surface area (Å²) in [6, 6.07) is 6.10. The van der Waals surface area contributed by atoms with Gasteiger partial charge < -0.3 is 14.2 Å². The molecule has 0 aromatic heterocycles. The Labute approximate surface area is 99.1 Å². The molecule has 0 aliphatic carbocycles. The lowest BCUT2D eigenvalue weighted by molar-refractivity contribution is 0.171. The van der Waals surface area contributed by atoms with E-state index in [-0.39, 0.29) is 5.60 Å². The lowest BCUT2D eigenvalue weighted by atomic mass is 10.3. The second kappa shape index (κ2) is 3.86. The van der Waals surface area contributed by atoms with Gasteiger partial charge in [-0.3, -0.25) is 0 Å². The van der Waals surface area contributed by atoms with Gasteiger partial charge in [0.05, 0.1) is 12.2 Å². The smallest absolute Gasteiger partial charge is 0.162 e. The molecule has 1 saturated heterocycles. The third kappa shape index (κ3) is 2.13. The number of hydrogen-bond donors (Lipinski definition) is 0. The first-order valence-electron chi connectivity index (χ1n) is 5.42. The van der Waals surface area contributed by atoms with Crippen LogP contribution in [-0.2, 0) is 4.74 Å². The van der Waals surface area contributed by atoms with E-state index in [4.69, 9.17) is 14.2 Å². The lowest BCUT2D eigenvalue weighted by Crippen LogP contribution is -2.15. The molecule has 1 fully saturated rings. The number of rotatable bonds is 3. The molecule has 1 aromatic carbocycles. The van der Waals surface area contributed by atoms with Crippen molar-refractivity contribution in [3.05, 3.63) is 18.2 Å². The molecule has 3 rings (SSSR count). The van der Waals surface area contributed by atoms with Gasteiger partial charge >= 0.3 is 0 Å². The number of epoxide rings is 1. The molecule has 1 atom stereocenters. The zero-order chi connectivity index (χ0) is 11.0. The minimum atomic E-state index is 0.0952. The van der Waals surface area contributed by atoms with Crippen molar-refractivity contribution < 1.29 is 14.2 Å². The van der Waals surface area contributed by atoms with Gasteiger partial charge in [0.25, 0.3) is 0 Å².